The number of pyridine rings is 1. The van der Waals surface area contributed by atoms with Crippen molar-refractivity contribution in [2.45, 2.75) is 12.3 Å². The van der Waals surface area contributed by atoms with E-state index in [0.29, 0.717) is 5.56 Å². The number of nitrogen functional groups attached to an aromatic ring is 2. The number of rotatable bonds is 3. The summed E-state index contributed by atoms with van der Waals surface area (Å²) in [5.74, 6) is -0.298. The van der Waals surface area contributed by atoms with Crippen LogP contribution < -0.4 is 16.6 Å². The standard InChI is InChI=1S/C9H13N7O2S/c1-4(19(13,17)18)16-6-5(7(10)11)2-3-14-8(6)15-9(16)12/h2-4H,1H3,(H3,10,11)(H2,12,14,15)(H2,13,17,18). The Morgan fingerprint density at radius 3 is 2.68 bits per heavy atom. The van der Waals surface area contributed by atoms with E-state index in [0.717, 1.165) is 0 Å². The van der Waals surface area contributed by atoms with Crippen LogP contribution in [0.1, 0.15) is 17.9 Å². The highest BCUT2D eigenvalue weighted by Gasteiger charge is 2.25. The lowest BCUT2D eigenvalue weighted by Gasteiger charge is -2.14. The summed E-state index contributed by atoms with van der Waals surface area (Å²) in [4.78, 5) is 7.92. The van der Waals surface area contributed by atoms with Crippen LogP contribution >= 0.6 is 0 Å². The molecule has 0 amide bonds. The molecule has 0 bridgehead atoms. The largest absolute Gasteiger partial charge is 0.384 e. The maximum Gasteiger partial charge on any atom is 0.230 e. The van der Waals surface area contributed by atoms with Gasteiger partial charge in [-0.25, -0.2) is 18.5 Å². The number of amidine groups is 1. The van der Waals surface area contributed by atoms with Crippen LogP contribution in [-0.4, -0.2) is 28.8 Å². The first-order valence-corrected chi connectivity index (χ1v) is 6.83. The lowest BCUT2D eigenvalue weighted by molar-refractivity contribution is 0.566. The molecule has 19 heavy (non-hydrogen) atoms. The third kappa shape index (κ3) is 2.11. The second-order valence-corrected chi connectivity index (χ2v) is 5.83. The van der Waals surface area contributed by atoms with E-state index in [1.807, 2.05) is 0 Å². The Morgan fingerprint density at radius 2 is 2.16 bits per heavy atom. The number of nitrogens with two attached hydrogens (primary N) is 3. The van der Waals surface area contributed by atoms with Gasteiger partial charge in [0, 0.05) is 11.8 Å². The molecule has 0 radical (unpaired) electrons. The number of nitrogens with one attached hydrogen (secondary N) is 1. The average Bonchev–Trinajstić information content (AvgIpc) is 2.61. The number of hydrogen-bond acceptors (Lipinski definition) is 6. The highest BCUT2D eigenvalue weighted by atomic mass is 32.2. The van der Waals surface area contributed by atoms with Crippen molar-refractivity contribution in [3.8, 4) is 0 Å². The molecule has 0 aromatic carbocycles. The van der Waals surface area contributed by atoms with Crippen LogP contribution in [-0.2, 0) is 10.0 Å². The van der Waals surface area contributed by atoms with E-state index in [1.54, 1.807) is 0 Å². The van der Waals surface area contributed by atoms with Crippen molar-refractivity contribution in [3.05, 3.63) is 17.8 Å². The summed E-state index contributed by atoms with van der Waals surface area (Å²) in [6.45, 7) is 1.36. The summed E-state index contributed by atoms with van der Waals surface area (Å²) in [6.07, 6.45) is 1.41. The second-order valence-electron chi connectivity index (χ2n) is 3.97. The number of fused-ring (bicyclic) bond motifs is 1. The Kier molecular flexibility index (Phi) is 2.91. The van der Waals surface area contributed by atoms with Crippen molar-refractivity contribution >= 4 is 33.0 Å². The summed E-state index contributed by atoms with van der Waals surface area (Å²) >= 11 is 0. The Labute approximate surface area is 109 Å². The Balaban J connectivity index is 2.88. The molecular weight excluding hydrogens is 270 g/mol. The maximum absolute atomic E-state index is 11.5. The number of imidazole rings is 1. The van der Waals surface area contributed by atoms with Crippen molar-refractivity contribution in [3.63, 3.8) is 0 Å². The summed E-state index contributed by atoms with van der Waals surface area (Å²) in [7, 11) is -3.88. The minimum absolute atomic E-state index is 0.0577. The lowest BCUT2D eigenvalue weighted by Crippen LogP contribution is -2.26. The van der Waals surface area contributed by atoms with Gasteiger partial charge in [0.15, 0.2) is 5.65 Å². The second kappa shape index (κ2) is 4.17. The van der Waals surface area contributed by atoms with E-state index < -0.39 is 15.4 Å². The number of hydrogen-bond donors (Lipinski definition) is 4. The molecule has 10 heteroatoms. The molecule has 1 unspecified atom stereocenters. The molecule has 2 heterocycles. The molecule has 0 saturated heterocycles. The fourth-order valence-corrected chi connectivity index (χ4v) is 2.28. The number of primary sulfonamides is 1. The molecule has 0 aliphatic rings. The van der Waals surface area contributed by atoms with Gasteiger partial charge in [0.2, 0.25) is 16.0 Å². The van der Waals surface area contributed by atoms with E-state index in [-0.39, 0.29) is 22.9 Å². The highest BCUT2D eigenvalue weighted by Crippen LogP contribution is 2.26. The number of nitrogens with zero attached hydrogens (tertiary/aromatic N) is 3. The zero-order chi connectivity index (χ0) is 14.4. The number of anilines is 1. The van der Waals surface area contributed by atoms with Crippen molar-refractivity contribution < 1.29 is 8.42 Å². The monoisotopic (exact) mass is 283 g/mol. The summed E-state index contributed by atoms with van der Waals surface area (Å²) in [5, 5.41) is 11.5. The molecule has 0 spiro atoms. The van der Waals surface area contributed by atoms with Gasteiger partial charge in [-0.05, 0) is 13.0 Å². The molecule has 7 N–H and O–H groups in total. The molecule has 0 saturated carbocycles. The smallest absolute Gasteiger partial charge is 0.230 e. The van der Waals surface area contributed by atoms with Gasteiger partial charge in [-0.2, -0.15) is 4.98 Å². The van der Waals surface area contributed by atoms with Gasteiger partial charge in [-0.1, -0.05) is 0 Å². The van der Waals surface area contributed by atoms with Crippen LogP contribution in [0, 0.1) is 5.41 Å². The molecule has 1 atom stereocenters. The molecule has 2 rings (SSSR count). The Hall–Kier alpha value is -2.20. The van der Waals surface area contributed by atoms with Gasteiger partial charge < -0.3 is 11.5 Å². The SMILES string of the molecule is CC(n1c(N)nc2nccc(C(=N)N)c21)S(N)(=O)=O. The Bertz CT molecular complexity index is 764. The molecule has 2 aromatic heterocycles. The lowest BCUT2D eigenvalue weighted by atomic mass is 10.2. The predicted molar refractivity (Wildman–Crippen MR) is 70.8 cm³/mol. The highest BCUT2D eigenvalue weighted by molar-refractivity contribution is 7.89. The number of sulfonamides is 1. The van der Waals surface area contributed by atoms with Gasteiger partial charge in [0.1, 0.15) is 16.7 Å². The molecule has 102 valence electrons. The van der Waals surface area contributed by atoms with Gasteiger partial charge >= 0.3 is 0 Å². The first kappa shape index (κ1) is 13.2. The van der Waals surface area contributed by atoms with Crippen LogP contribution in [0.15, 0.2) is 12.3 Å². The summed E-state index contributed by atoms with van der Waals surface area (Å²) < 4.78 is 24.2. The van der Waals surface area contributed by atoms with Crippen molar-refractivity contribution in [1.29, 1.82) is 5.41 Å². The third-order valence-electron chi connectivity index (χ3n) is 2.74. The van der Waals surface area contributed by atoms with Crippen LogP contribution in [0.3, 0.4) is 0 Å². The minimum atomic E-state index is -3.88. The average molecular weight is 283 g/mol. The van der Waals surface area contributed by atoms with E-state index in [2.05, 4.69) is 9.97 Å². The molecule has 2 aromatic rings. The van der Waals surface area contributed by atoms with Crippen LogP contribution in [0.2, 0.25) is 0 Å². The fourth-order valence-electron chi connectivity index (χ4n) is 1.77. The molecule has 9 nitrogen and oxygen atoms in total. The molecule has 0 fully saturated rings. The van der Waals surface area contributed by atoms with Gasteiger partial charge in [0.25, 0.3) is 0 Å². The van der Waals surface area contributed by atoms with E-state index in [9.17, 15) is 8.42 Å². The third-order valence-corrected chi connectivity index (χ3v) is 3.90. The predicted octanol–water partition coefficient (Wildman–Crippen LogP) is -0.895. The first-order chi connectivity index (χ1) is 8.73. The van der Waals surface area contributed by atoms with E-state index in [1.165, 1.54) is 23.8 Å². The summed E-state index contributed by atoms with van der Waals surface area (Å²) in [5.41, 5.74) is 11.9. The van der Waals surface area contributed by atoms with Gasteiger partial charge in [-0.3, -0.25) is 9.98 Å². The zero-order valence-corrected chi connectivity index (χ0v) is 10.8. The van der Waals surface area contributed by atoms with Crippen LogP contribution in [0.25, 0.3) is 11.2 Å². The molecular formula is C9H13N7O2S. The van der Waals surface area contributed by atoms with E-state index >= 15 is 0 Å². The normalized spacial score (nSPS) is 13.6. The van der Waals surface area contributed by atoms with Crippen molar-refractivity contribution in [2.24, 2.45) is 10.9 Å². The fraction of sp³-hybridized carbons (Fsp3) is 0.222. The Morgan fingerprint density at radius 1 is 1.53 bits per heavy atom. The summed E-state index contributed by atoms with van der Waals surface area (Å²) in [6, 6.07) is 1.48. The maximum atomic E-state index is 11.5. The van der Waals surface area contributed by atoms with E-state index in [4.69, 9.17) is 22.0 Å². The molecule has 0 aliphatic heterocycles. The topological polar surface area (TPSA) is 167 Å². The van der Waals surface area contributed by atoms with Crippen molar-refractivity contribution in [2.75, 3.05) is 5.73 Å². The quantitative estimate of drug-likeness (QED) is 0.420. The number of aromatic nitrogens is 3. The first-order valence-electron chi connectivity index (χ1n) is 5.22. The van der Waals surface area contributed by atoms with Crippen LogP contribution in [0.4, 0.5) is 5.95 Å². The minimum Gasteiger partial charge on any atom is -0.384 e. The van der Waals surface area contributed by atoms with Crippen molar-refractivity contribution in [1.82, 2.24) is 14.5 Å². The van der Waals surface area contributed by atoms with Crippen LogP contribution in [0.5, 0.6) is 0 Å². The van der Waals surface area contributed by atoms with Gasteiger partial charge in [-0.15, -0.1) is 0 Å². The molecule has 0 aliphatic carbocycles. The van der Waals surface area contributed by atoms with Gasteiger partial charge in [0.05, 0.1) is 0 Å². The zero-order valence-electron chi connectivity index (χ0n) is 10.0.